The van der Waals surface area contributed by atoms with E-state index < -0.39 is 5.97 Å². The van der Waals surface area contributed by atoms with E-state index in [1.165, 1.54) is 0 Å². The number of hydrogen-bond acceptors (Lipinski definition) is 2. The van der Waals surface area contributed by atoms with Crippen molar-refractivity contribution in [2.45, 2.75) is 13.8 Å². The van der Waals surface area contributed by atoms with Crippen LogP contribution in [0.4, 0.5) is 0 Å². The number of carbonyl (C=O) groups is 1. The van der Waals surface area contributed by atoms with Crippen LogP contribution in [0.25, 0.3) is 17.0 Å². The van der Waals surface area contributed by atoms with Gasteiger partial charge < -0.3 is 14.8 Å². The van der Waals surface area contributed by atoms with Crippen LogP contribution in [0.15, 0.2) is 18.2 Å². The molecule has 0 atom stereocenters. The highest BCUT2D eigenvalue weighted by atomic mass is 16.5. The van der Waals surface area contributed by atoms with Gasteiger partial charge in [-0.1, -0.05) is 0 Å². The van der Waals surface area contributed by atoms with Crippen molar-refractivity contribution >= 4 is 22.9 Å². The second-order valence-electron chi connectivity index (χ2n) is 4.22. The molecule has 4 nitrogen and oxygen atoms in total. The van der Waals surface area contributed by atoms with Crippen molar-refractivity contribution in [2.75, 3.05) is 7.11 Å². The molecule has 0 radical (unpaired) electrons. The molecule has 4 heteroatoms. The van der Waals surface area contributed by atoms with Gasteiger partial charge in [0, 0.05) is 22.7 Å². The van der Waals surface area contributed by atoms with Gasteiger partial charge in [0.15, 0.2) is 0 Å². The molecule has 0 aliphatic heterocycles. The zero-order valence-corrected chi connectivity index (χ0v) is 10.6. The monoisotopic (exact) mass is 245 g/mol. The van der Waals surface area contributed by atoms with Crippen LogP contribution in [0.2, 0.25) is 0 Å². The third kappa shape index (κ3) is 2.09. The maximum Gasteiger partial charge on any atom is 0.328 e. The summed E-state index contributed by atoms with van der Waals surface area (Å²) in [5, 5.41) is 9.68. The number of ether oxygens (including phenoxy) is 1. The number of H-pyrrole nitrogens is 1. The Hall–Kier alpha value is -2.23. The molecular formula is C14H15NO3. The molecule has 0 saturated carbocycles. The van der Waals surface area contributed by atoms with Crippen LogP contribution < -0.4 is 4.74 Å². The lowest BCUT2D eigenvalue weighted by Crippen LogP contribution is -1.87. The molecule has 18 heavy (non-hydrogen) atoms. The molecule has 94 valence electrons. The lowest BCUT2D eigenvalue weighted by atomic mass is 10.1. The van der Waals surface area contributed by atoms with E-state index in [1.807, 2.05) is 26.0 Å². The van der Waals surface area contributed by atoms with Crippen molar-refractivity contribution in [1.29, 1.82) is 0 Å². The van der Waals surface area contributed by atoms with Crippen molar-refractivity contribution in [3.8, 4) is 5.75 Å². The van der Waals surface area contributed by atoms with Gasteiger partial charge in [-0.05, 0) is 37.6 Å². The first-order valence-electron chi connectivity index (χ1n) is 5.61. The van der Waals surface area contributed by atoms with Gasteiger partial charge in [-0.2, -0.15) is 0 Å². The molecule has 2 N–H and O–H groups in total. The minimum absolute atomic E-state index is 0.767. The van der Waals surface area contributed by atoms with E-state index in [2.05, 4.69) is 4.98 Å². The van der Waals surface area contributed by atoms with Gasteiger partial charge in [0.1, 0.15) is 5.75 Å². The Kier molecular flexibility index (Phi) is 3.10. The van der Waals surface area contributed by atoms with E-state index in [9.17, 15) is 4.79 Å². The number of carboxylic acid groups (broad SMARTS) is 1. The Morgan fingerprint density at radius 3 is 2.72 bits per heavy atom. The van der Waals surface area contributed by atoms with Crippen molar-refractivity contribution in [3.05, 3.63) is 35.0 Å². The molecule has 0 aliphatic rings. The fourth-order valence-corrected chi connectivity index (χ4v) is 2.08. The minimum Gasteiger partial charge on any atom is -0.495 e. The summed E-state index contributed by atoms with van der Waals surface area (Å²) in [5.41, 5.74) is 3.77. The van der Waals surface area contributed by atoms with Gasteiger partial charge in [-0.3, -0.25) is 0 Å². The first-order valence-corrected chi connectivity index (χ1v) is 5.61. The molecule has 1 heterocycles. The number of carboxylic acids is 1. The first-order chi connectivity index (χ1) is 8.52. The molecule has 2 rings (SSSR count). The number of aromatic nitrogens is 1. The molecule has 0 amide bonds. The normalized spacial score (nSPS) is 11.3. The fraction of sp³-hybridized carbons (Fsp3) is 0.214. The Morgan fingerprint density at radius 2 is 2.11 bits per heavy atom. The van der Waals surface area contributed by atoms with Crippen molar-refractivity contribution in [3.63, 3.8) is 0 Å². The molecular weight excluding hydrogens is 230 g/mol. The zero-order valence-electron chi connectivity index (χ0n) is 10.6. The van der Waals surface area contributed by atoms with Gasteiger partial charge in [0.25, 0.3) is 0 Å². The maximum atomic E-state index is 10.6. The van der Waals surface area contributed by atoms with Gasteiger partial charge >= 0.3 is 5.97 Å². The third-order valence-corrected chi connectivity index (χ3v) is 2.87. The number of aryl methyl sites for hydroxylation is 2. The molecule has 0 saturated heterocycles. The van der Waals surface area contributed by atoms with E-state index in [0.717, 1.165) is 39.5 Å². The average molecular weight is 245 g/mol. The lowest BCUT2D eigenvalue weighted by Gasteiger charge is -2.03. The van der Waals surface area contributed by atoms with E-state index in [0.29, 0.717) is 0 Å². The van der Waals surface area contributed by atoms with Crippen LogP contribution in [0, 0.1) is 13.8 Å². The Balaban J connectivity index is 2.70. The van der Waals surface area contributed by atoms with Crippen LogP contribution in [-0.4, -0.2) is 23.2 Å². The van der Waals surface area contributed by atoms with Crippen molar-refractivity contribution in [2.24, 2.45) is 0 Å². The van der Waals surface area contributed by atoms with Crippen molar-refractivity contribution < 1.29 is 14.6 Å². The van der Waals surface area contributed by atoms with Crippen LogP contribution in [-0.2, 0) is 4.79 Å². The van der Waals surface area contributed by atoms with Gasteiger partial charge in [0.05, 0.1) is 12.6 Å². The highest BCUT2D eigenvalue weighted by molar-refractivity contribution is 5.97. The Labute approximate surface area is 105 Å². The Morgan fingerprint density at radius 1 is 1.39 bits per heavy atom. The highest BCUT2D eigenvalue weighted by Crippen LogP contribution is 2.31. The van der Waals surface area contributed by atoms with Crippen molar-refractivity contribution in [1.82, 2.24) is 4.98 Å². The smallest absolute Gasteiger partial charge is 0.328 e. The van der Waals surface area contributed by atoms with E-state index >= 15 is 0 Å². The predicted molar refractivity (Wildman–Crippen MR) is 71.0 cm³/mol. The number of aliphatic carboxylic acids is 1. The van der Waals surface area contributed by atoms with E-state index in [-0.39, 0.29) is 0 Å². The fourth-order valence-electron chi connectivity index (χ4n) is 2.08. The molecule has 1 aromatic carbocycles. The standard InChI is InChI=1S/C14H15NO3/c1-8-6-11-10(4-5-13(16)17)9(2)15-14(11)12(7-8)18-3/h4-7,15H,1-3H3,(H,16,17)/b5-4+. The second-order valence-corrected chi connectivity index (χ2v) is 4.22. The number of methoxy groups -OCH3 is 1. The number of hydrogen-bond donors (Lipinski definition) is 2. The topological polar surface area (TPSA) is 62.3 Å². The van der Waals surface area contributed by atoms with Crippen LogP contribution in [0.3, 0.4) is 0 Å². The number of rotatable bonds is 3. The summed E-state index contributed by atoms with van der Waals surface area (Å²) in [7, 11) is 1.62. The summed E-state index contributed by atoms with van der Waals surface area (Å²) in [6, 6.07) is 3.96. The Bertz CT molecular complexity index is 638. The number of nitrogens with one attached hydrogen (secondary N) is 1. The molecule has 0 aliphatic carbocycles. The zero-order chi connectivity index (χ0) is 13.3. The first kappa shape index (κ1) is 12.2. The molecule has 0 bridgehead atoms. The van der Waals surface area contributed by atoms with E-state index in [1.54, 1.807) is 13.2 Å². The van der Waals surface area contributed by atoms with Gasteiger partial charge in [-0.25, -0.2) is 4.79 Å². The van der Waals surface area contributed by atoms with Gasteiger partial charge in [-0.15, -0.1) is 0 Å². The van der Waals surface area contributed by atoms with Gasteiger partial charge in [0.2, 0.25) is 0 Å². The number of aromatic amines is 1. The van der Waals surface area contributed by atoms with Crippen LogP contribution >= 0.6 is 0 Å². The van der Waals surface area contributed by atoms with Crippen LogP contribution in [0.1, 0.15) is 16.8 Å². The molecule has 0 unspecified atom stereocenters. The maximum absolute atomic E-state index is 10.6. The summed E-state index contributed by atoms with van der Waals surface area (Å²) in [6.07, 6.45) is 2.75. The average Bonchev–Trinajstić information content (AvgIpc) is 2.61. The molecule has 0 spiro atoms. The minimum atomic E-state index is -0.955. The summed E-state index contributed by atoms with van der Waals surface area (Å²) in [6.45, 7) is 3.89. The van der Waals surface area contributed by atoms with E-state index in [4.69, 9.17) is 9.84 Å². The molecule has 2 aromatic rings. The summed E-state index contributed by atoms with van der Waals surface area (Å²) < 4.78 is 5.33. The number of benzene rings is 1. The van der Waals surface area contributed by atoms with Crippen LogP contribution in [0.5, 0.6) is 5.75 Å². The quantitative estimate of drug-likeness (QED) is 0.817. The third-order valence-electron chi connectivity index (χ3n) is 2.87. The second kappa shape index (κ2) is 4.56. The molecule has 0 fully saturated rings. The lowest BCUT2D eigenvalue weighted by molar-refractivity contribution is -0.131. The number of fused-ring (bicyclic) bond motifs is 1. The SMILES string of the molecule is COc1cc(C)cc2c(/C=C/C(=O)O)c(C)[nH]c12. The predicted octanol–water partition coefficient (Wildman–Crippen LogP) is 2.89. The summed E-state index contributed by atoms with van der Waals surface area (Å²) in [4.78, 5) is 13.8. The summed E-state index contributed by atoms with van der Waals surface area (Å²) in [5.74, 6) is -0.188. The highest BCUT2D eigenvalue weighted by Gasteiger charge is 2.11. The summed E-state index contributed by atoms with van der Waals surface area (Å²) >= 11 is 0. The largest absolute Gasteiger partial charge is 0.495 e. The molecule has 1 aromatic heterocycles.